The molecule has 138 valence electrons. The van der Waals surface area contributed by atoms with E-state index in [4.69, 9.17) is 8.83 Å². The smallest absolute Gasteiger partial charge is 0.343 e. The largest absolute Gasteiger partial charge is 0.507 e. The average molecular weight is 368 g/mol. The van der Waals surface area contributed by atoms with Gasteiger partial charge < -0.3 is 19.0 Å². The summed E-state index contributed by atoms with van der Waals surface area (Å²) in [4.78, 5) is 23.6. The molecule has 0 bridgehead atoms. The molecule has 4 N–H and O–H groups in total. The molecule has 8 nitrogen and oxygen atoms in total. The Morgan fingerprint density at radius 3 is 2.48 bits per heavy atom. The maximum atomic E-state index is 11.9. The normalized spacial score (nSPS) is 11.3. The third kappa shape index (κ3) is 2.71. The highest BCUT2D eigenvalue weighted by atomic mass is 16.4. The van der Waals surface area contributed by atoms with Crippen molar-refractivity contribution >= 4 is 11.0 Å². The van der Waals surface area contributed by atoms with Gasteiger partial charge in [0.15, 0.2) is 11.5 Å². The lowest BCUT2D eigenvalue weighted by Crippen LogP contribution is -2.05. The molecule has 0 amide bonds. The fraction of sp³-hybridized carbons (Fsp3) is 0.158. The van der Waals surface area contributed by atoms with E-state index in [0.717, 1.165) is 10.9 Å². The van der Waals surface area contributed by atoms with Gasteiger partial charge >= 0.3 is 5.63 Å². The Morgan fingerprint density at radius 2 is 1.78 bits per heavy atom. The number of benzene rings is 1. The van der Waals surface area contributed by atoms with Crippen molar-refractivity contribution in [1.29, 1.82) is 0 Å². The van der Waals surface area contributed by atoms with Crippen LogP contribution >= 0.6 is 0 Å². The molecule has 0 unspecified atom stereocenters. The van der Waals surface area contributed by atoms with E-state index >= 15 is 0 Å². The predicted molar refractivity (Wildman–Crippen MR) is 97.2 cm³/mol. The fourth-order valence-electron chi connectivity index (χ4n) is 3.02. The second kappa shape index (κ2) is 5.94. The van der Waals surface area contributed by atoms with Crippen molar-refractivity contribution in [3.8, 4) is 23.1 Å². The third-order valence-electron chi connectivity index (χ3n) is 4.59. The molecule has 0 saturated heterocycles. The number of aromatic nitrogens is 2. The van der Waals surface area contributed by atoms with E-state index < -0.39 is 5.63 Å². The van der Waals surface area contributed by atoms with Crippen LogP contribution in [-0.2, 0) is 6.42 Å². The Morgan fingerprint density at radius 1 is 1.00 bits per heavy atom. The number of fused-ring (bicyclic) bond motifs is 1. The van der Waals surface area contributed by atoms with E-state index in [2.05, 4.69) is 10.2 Å². The summed E-state index contributed by atoms with van der Waals surface area (Å²) in [7, 11) is 0. The van der Waals surface area contributed by atoms with Gasteiger partial charge in [-0.05, 0) is 37.6 Å². The van der Waals surface area contributed by atoms with E-state index in [-0.39, 0.29) is 40.5 Å². The van der Waals surface area contributed by atoms with Gasteiger partial charge in [0.1, 0.15) is 11.3 Å². The second-order valence-electron chi connectivity index (χ2n) is 6.38. The zero-order valence-corrected chi connectivity index (χ0v) is 14.5. The zero-order valence-electron chi connectivity index (χ0n) is 14.5. The average Bonchev–Trinajstić information content (AvgIpc) is 3.20. The molecule has 0 fully saturated rings. The number of rotatable bonds is 3. The van der Waals surface area contributed by atoms with E-state index in [1.165, 1.54) is 6.92 Å². The first-order valence-electron chi connectivity index (χ1n) is 8.19. The molecule has 4 rings (SSSR count). The van der Waals surface area contributed by atoms with Crippen LogP contribution in [0.3, 0.4) is 0 Å². The molecule has 3 heterocycles. The molecule has 0 aliphatic rings. The van der Waals surface area contributed by atoms with Crippen LogP contribution in [0.15, 0.2) is 42.7 Å². The van der Waals surface area contributed by atoms with Crippen molar-refractivity contribution in [1.82, 2.24) is 10.2 Å². The molecule has 0 spiro atoms. The fourth-order valence-corrected chi connectivity index (χ4v) is 3.02. The van der Waals surface area contributed by atoms with Gasteiger partial charge in [0.25, 0.3) is 5.56 Å². The van der Waals surface area contributed by atoms with Crippen molar-refractivity contribution in [2.75, 3.05) is 0 Å². The monoisotopic (exact) mass is 368 g/mol. The van der Waals surface area contributed by atoms with Gasteiger partial charge in [-0.2, -0.15) is 0 Å². The van der Waals surface area contributed by atoms with Gasteiger partial charge in [-0.25, -0.2) is 4.79 Å². The molecule has 8 heteroatoms. The Balaban J connectivity index is 1.78. The summed E-state index contributed by atoms with van der Waals surface area (Å²) in [5, 5.41) is 25.2. The molecule has 0 atom stereocenters. The quantitative estimate of drug-likeness (QED) is 0.439. The number of aromatic amines is 2. The molecular weight excluding hydrogens is 352 g/mol. The Hall–Kier alpha value is -3.68. The van der Waals surface area contributed by atoms with Crippen LogP contribution in [0.4, 0.5) is 0 Å². The van der Waals surface area contributed by atoms with Crippen LogP contribution < -0.4 is 11.2 Å². The number of hydrogen-bond donors (Lipinski definition) is 4. The molecule has 3 aromatic heterocycles. The summed E-state index contributed by atoms with van der Waals surface area (Å²) >= 11 is 0. The van der Waals surface area contributed by atoms with E-state index in [9.17, 15) is 19.8 Å². The summed E-state index contributed by atoms with van der Waals surface area (Å²) < 4.78 is 11.0. The third-order valence-corrected chi connectivity index (χ3v) is 4.59. The number of aromatic hydroxyl groups is 2. The maximum Gasteiger partial charge on any atom is 0.343 e. The van der Waals surface area contributed by atoms with Crippen molar-refractivity contribution in [3.63, 3.8) is 0 Å². The van der Waals surface area contributed by atoms with Gasteiger partial charge in [0.2, 0.25) is 5.88 Å². The standard InChI is InChI=1S/C19H16N2O6/c1-8-15(22)9(2)19(25)27-16(8)14-7-11-5-10(3-4-13(11)26-14)6-12-17(23)20-21-18(12)24/h3-5,7,22H,6H2,1-2H3,(H3,20,21,23,24). The van der Waals surface area contributed by atoms with Crippen LogP contribution in [0.5, 0.6) is 11.6 Å². The van der Waals surface area contributed by atoms with Gasteiger partial charge in [0, 0.05) is 17.4 Å². The first-order chi connectivity index (χ1) is 12.8. The minimum absolute atomic E-state index is 0.121. The van der Waals surface area contributed by atoms with Gasteiger partial charge in [-0.15, -0.1) is 0 Å². The highest BCUT2D eigenvalue weighted by Gasteiger charge is 2.18. The maximum absolute atomic E-state index is 11.9. The lowest BCUT2D eigenvalue weighted by atomic mass is 10.1. The minimum Gasteiger partial charge on any atom is -0.507 e. The SMILES string of the molecule is Cc1c(-c2cc3cc(Cc4c(O)[nH][nH]c4=O)ccc3o2)oc(=O)c(C)c1O. The highest BCUT2D eigenvalue weighted by molar-refractivity contribution is 5.83. The first kappa shape index (κ1) is 16.8. The van der Waals surface area contributed by atoms with Crippen molar-refractivity contribution in [3.05, 3.63) is 67.3 Å². The molecule has 0 radical (unpaired) electrons. The van der Waals surface area contributed by atoms with Gasteiger partial charge in [-0.1, -0.05) is 6.07 Å². The summed E-state index contributed by atoms with van der Waals surface area (Å²) in [6, 6.07) is 7.01. The zero-order chi connectivity index (χ0) is 19.3. The number of nitrogens with one attached hydrogen (secondary N) is 2. The van der Waals surface area contributed by atoms with Crippen molar-refractivity contribution < 1.29 is 19.0 Å². The lowest BCUT2D eigenvalue weighted by Gasteiger charge is -2.05. The van der Waals surface area contributed by atoms with Crippen LogP contribution in [0, 0.1) is 13.8 Å². The molecule has 27 heavy (non-hydrogen) atoms. The van der Waals surface area contributed by atoms with Gasteiger partial charge in [0.05, 0.1) is 11.1 Å². The minimum atomic E-state index is -0.628. The van der Waals surface area contributed by atoms with Crippen LogP contribution in [-0.4, -0.2) is 20.4 Å². The summed E-state index contributed by atoms with van der Waals surface area (Å²) in [5.74, 6) is 0.167. The molecule has 4 aromatic rings. The first-order valence-corrected chi connectivity index (χ1v) is 8.19. The number of hydrogen-bond acceptors (Lipinski definition) is 6. The highest BCUT2D eigenvalue weighted by Crippen LogP contribution is 2.34. The van der Waals surface area contributed by atoms with E-state index in [1.807, 2.05) is 6.07 Å². The van der Waals surface area contributed by atoms with E-state index in [1.54, 1.807) is 25.1 Å². The number of furan rings is 1. The van der Waals surface area contributed by atoms with Gasteiger partial charge in [-0.3, -0.25) is 15.0 Å². The van der Waals surface area contributed by atoms with Crippen LogP contribution in [0.1, 0.15) is 22.3 Å². The topological polar surface area (TPSA) is 132 Å². The van der Waals surface area contributed by atoms with E-state index in [0.29, 0.717) is 16.9 Å². The summed E-state index contributed by atoms with van der Waals surface area (Å²) in [5.41, 5.74) is 1.14. The Labute approximate surface area is 151 Å². The van der Waals surface area contributed by atoms with Crippen molar-refractivity contribution in [2.45, 2.75) is 20.3 Å². The molecule has 1 aromatic carbocycles. The van der Waals surface area contributed by atoms with Crippen LogP contribution in [0.2, 0.25) is 0 Å². The lowest BCUT2D eigenvalue weighted by molar-refractivity contribution is 0.433. The number of H-pyrrole nitrogens is 2. The van der Waals surface area contributed by atoms with Crippen LogP contribution in [0.25, 0.3) is 22.5 Å². The summed E-state index contributed by atoms with van der Waals surface area (Å²) in [6.45, 7) is 3.13. The van der Waals surface area contributed by atoms with Crippen molar-refractivity contribution in [2.24, 2.45) is 0 Å². The Bertz CT molecular complexity index is 1290. The Kier molecular flexibility index (Phi) is 3.69. The predicted octanol–water partition coefficient (Wildman–Crippen LogP) is 2.69. The molecule has 0 aliphatic heterocycles. The molecule has 0 aliphatic carbocycles. The molecule has 0 saturated carbocycles. The summed E-state index contributed by atoms with van der Waals surface area (Å²) in [6.07, 6.45) is 0.237. The molecular formula is C19H16N2O6. The second-order valence-corrected chi connectivity index (χ2v) is 6.38.